The summed E-state index contributed by atoms with van der Waals surface area (Å²) in [6.07, 6.45) is 12.4. The predicted octanol–water partition coefficient (Wildman–Crippen LogP) is 6.38. The SMILES string of the molecule is CC[C@H](CN1CC[C@@H](CNC(=O)c2ccc3cc(Cl)ccc3c2)N[C@@H](CC(C)C)C1=O)[C@]1(C)C=CC=CC1. The molecule has 4 rings (SSSR count). The molecular formula is C32H42ClN3O2. The van der Waals surface area contributed by atoms with E-state index < -0.39 is 0 Å². The van der Waals surface area contributed by atoms with Crippen LogP contribution in [0.5, 0.6) is 0 Å². The summed E-state index contributed by atoms with van der Waals surface area (Å²) in [4.78, 5) is 28.8. The van der Waals surface area contributed by atoms with E-state index in [0.717, 1.165) is 43.0 Å². The molecule has 1 fully saturated rings. The maximum absolute atomic E-state index is 13.7. The maximum Gasteiger partial charge on any atom is 0.251 e. The van der Waals surface area contributed by atoms with E-state index in [1.165, 1.54) is 0 Å². The van der Waals surface area contributed by atoms with E-state index in [-0.39, 0.29) is 29.3 Å². The molecule has 1 heterocycles. The Kier molecular flexibility index (Phi) is 9.32. The molecule has 2 aromatic carbocycles. The van der Waals surface area contributed by atoms with Gasteiger partial charge in [0.2, 0.25) is 5.91 Å². The molecule has 38 heavy (non-hydrogen) atoms. The summed E-state index contributed by atoms with van der Waals surface area (Å²) in [6.45, 7) is 10.8. The average molecular weight is 536 g/mol. The highest BCUT2D eigenvalue weighted by atomic mass is 35.5. The number of amides is 2. The van der Waals surface area contributed by atoms with Gasteiger partial charge in [0.25, 0.3) is 5.91 Å². The fourth-order valence-corrected chi connectivity index (χ4v) is 6.04. The molecule has 6 heteroatoms. The van der Waals surface area contributed by atoms with Crippen molar-refractivity contribution in [1.82, 2.24) is 15.5 Å². The van der Waals surface area contributed by atoms with E-state index in [0.29, 0.717) is 35.5 Å². The third-order valence-corrected chi connectivity index (χ3v) is 8.46. The minimum Gasteiger partial charge on any atom is -0.350 e. The van der Waals surface area contributed by atoms with Crippen molar-refractivity contribution in [3.05, 3.63) is 71.3 Å². The van der Waals surface area contributed by atoms with Crippen molar-refractivity contribution in [2.45, 2.75) is 65.5 Å². The summed E-state index contributed by atoms with van der Waals surface area (Å²) in [5.41, 5.74) is 0.689. The minimum absolute atomic E-state index is 0.0316. The molecular weight excluding hydrogens is 494 g/mol. The first-order chi connectivity index (χ1) is 18.2. The van der Waals surface area contributed by atoms with Crippen molar-refractivity contribution in [2.24, 2.45) is 17.3 Å². The number of nitrogens with zero attached hydrogens (tertiary/aromatic N) is 1. The Morgan fingerprint density at radius 1 is 1.18 bits per heavy atom. The lowest BCUT2D eigenvalue weighted by atomic mass is 9.71. The summed E-state index contributed by atoms with van der Waals surface area (Å²) in [5, 5.41) is 9.39. The number of hydrogen-bond donors (Lipinski definition) is 2. The number of nitrogens with one attached hydrogen (secondary N) is 2. The van der Waals surface area contributed by atoms with Gasteiger partial charge in [-0.05, 0) is 71.6 Å². The fraction of sp³-hybridized carbons (Fsp3) is 0.500. The van der Waals surface area contributed by atoms with E-state index in [1.54, 1.807) is 0 Å². The first-order valence-electron chi connectivity index (χ1n) is 14.0. The van der Waals surface area contributed by atoms with Crippen LogP contribution in [0.15, 0.2) is 60.7 Å². The number of rotatable bonds is 9. The zero-order valence-corrected chi connectivity index (χ0v) is 23.9. The molecule has 5 nitrogen and oxygen atoms in total. The van der Waals surface area contributed by atoms with Crippen LogP contribution in [0.4, 0.5) is 0 Å². The second-order valence-electron chi connectivity index (χ2n) is 11.6. The molecule has 0 unspecified atom stereocenters. The summed E-state index contributed by atoms with van der Waals surface area (Å²) in [6, 6.07) is 11.1. The lowest BCUT2D eigenvalue weighted by Gasteiger charge is -2.39. The Bertz CT molecular complexity index is 1210. The molecule has 4 atom stereocenters. The van der Waals surface area contributed by atoms with Crippen LogP contribution in [-0.4, -0.2) is 48.4 Å². The Labute approximate surface area is 232 Å². The summed E-state index contributed by atoms with van der Waals surface area (Å²) in [5.74, 6) is 0.876. The second kappa shape index (κ2) is 12.5. The van der Waals surface area contributed by atoms with Gasteiger partial charge >= 0.3 is 0 Å². The van der Waals surface area contributed by atoms with Gasteiger partial charge in [0.05, 0.1) is 6.04 Å². The number of benzene rings is 2. The monoisotopic (exact) mass is 535 g/mol. The molecule has 0 aromatic heterocycles. The number of carbonyl (C=O) groups is 2. The van der Waals surface area contributed by atoms with Gasteiger partial charge in [-0.2, -0.15) is 0 Å². The highest BCUT2D eigenvalue weighted by Gasteiger charge is 2.36. The molecule has 1 aliphatic carbocycles. The molecule has 2 amide bonds. The van der Waals surface area contributed by atoms with E-state index >= 15 is 0 Å². The van der Waals surface area contributed by atoms with Gasteiger partial charge in [0.15, 0.2) is 0 Å². The molecule has 204 valence electrons. The number of carbonyl (C=O) groups excluding carboxylic acids is 2. The summed E-state index contributed by atoms with van der Waals surface area (Å²) in [7, 11) is 0. The Morgan fingerprint density at radius 3 is 2.66 bits per heavy atom. The number of allylic oxidation sites excluding steroid dienone is 4. The topological polar surface area (TPSA) is 61.4 Å². The third-order valence-electron chi connectivity index (χ3n) is 8.22. The zero-order chi connectivity index (χ0) is 27.3. The van der Waals surface area contributed by atoms with Gasteiger partial charge in [-0.3, -0.25) is 9.59 Å². The van der Waals surface area contributed by atoms with Gasteiger partial charge in [-0.15, -0.1) is 0 Å². The van der Waals surface area contributed by atoms with Crippen LogP contribution >= 0.6 is 11.6 Å². The van der Waals surface area contributed by atoms with Gasteiger partial charge in [-0.25, -0.2) is 0 Å². The van der Waals surface area contributed by atoms with Crippen molar-refractivity contribution < 1.29 is 9.59 Å². The molecule has 0 bridgehead atoms. The lowest BCUT2D eigenvalue weighted by molar-refractivity contribution is -0.134. The zero-order valence-electron chi connectivity index (χ0n) is 23.2. The van der Waals surface area contributed by atoms with E-state index in [4.69, 9.17) is 11.6 Å². The van der Waals surface area contributed by atoms with Crippen LogP contribution < -0.4 is 10.6 Å². The maximum atomic E-state index is 13.7. The fourth-order valence-electron chi connectivity index (χ4n) is 5.86. The van der Waals surface area contributed by atoms with Gasteiger partial charge in [0.1, 0.15) is 0 Å². The second-order valence-corrected chi connectivity index (χ2v) is 12.1. The first kappa shape index (κ1) is 28.4. The Hall–Kier alpha value is -2.63. The summed E-state index contributed by atoms with van der Waals surface area (Å²) >= 11 is 6.10. The van der Waals surface area contributed by atoms with E-state index in [1.807, 2.05) is 36.4 Å². The van der Waals surface area contributed by atoms with E-state index in [9.17, 15) is 9.59 Å². The predicted molar refractivity (Wildman–Crippen MR) is 157 cm³/mol. The van der Waals surface area contributed by atoms with Crippen LogP contribution in [0.25, 0.3) is 10.8 Å². The molecule has 2 aliphatic rings. The number of halogens is 1. The largest absolute Gasteiger partial charge is 0.350 e. The van der Waals surface area contributed by atoms with Crippen molar-refractivity contribution in [1.29, 1.82) is 0 Å². The highest BCUT2D eigenvalue weighted by Crippen LogP contribution is 2.38. The van der Waals surface area contributed by atoms with Crippen molar-refractivity contribution in [3.8, 4) is 0 Å². The normalized spacial score (nSPS) is 24.6. The highest BCUT2D eigenvalue weighted by molar-refractivity contribution is 6.31. The number of hydrogen-bond acceptors (Lipinski definition) is 3. The molecule has 1 aliphatic heterocycles. The van der Waals surface area contributed by atoms with Crippen LogP contribution in [0, 0.1) is 17.3 Å². The smallest absolute Gasteiger partial charge is 0.251 e. The molecule has 1 saturated heterocycles. The van der Waals surface area contributed by atoms with Crippen molar-refractivity contribution >= 4 is 34.2 Å². The van der Waals surface area contributed by atoms with Crippen LogP contribution in [0.2, 0.25) is 5.02 Å². The van der Waals surface area contributed by atoms with Gasteiger partial charge in [0, 0.05) is 36.3 Å². The molecule has 0 spiro atoms. The molecule has 2 N–H and O–H groups in total. The quantitative estimate of drug-likeness (QED) is 0.392. The van der Waals surface area contributed by atoms with Crippen LogP contribution in [-0.2, 0) is 4.79 Å². The van der Waals surface area contributed by atoms with Gasteiger partial charge < -0.3 is 15.5 Å². The van der Waals surface area contributed by atoms with Crippen molar-refractivity contribution in [2.75, 3.05) is 19.6 Å². The lowest BCUT2D eigenvalue weighted by Crippen LogP contribution is -2.50. The summed E-state index contributed by atoms with van der Waals surface area (Å²) < 4.78 is 0. The standard InChI is InChI=1S/C32H42ClN3O2/c1-5-26(32(4)14-7-6-8-15-32)21-36-16-13-28(35-29(31(36)38)17-22(2)3)20-34-30(37)25-10-9-24-19-27(33)12-11-23(24)18-25/h6-12,14,18-19,22,26,28-29,35H,5,13,15-17,20-21H2,1-4H3,(H,34,37)/t26-,28+,29+,32-/m1/s1. The molecule has 0 saturated carbocycles. The first-order valence-corrected chi connectivity index (χ1v) is 14.4. The Balaban J connectivity index is 1.43. The van der Waals surface area contributed by atoms with Crippen molar-refractivity contribution in [3.63, 3.8) is 0 Å². The van der Waals surface area contributed by atoms with E-state index in [2.05, 4.69) is 67.5 Å². The van der Waals surface area contributed by atoms with Crippen LogP contribution in [0.3, 0.4) is 0 Å². The Morgan fingerprint density at radius 2 is 1.95 bits per heavy atom. The minimum atomic E-state index is -0.239. The van der Waals surface area contributed by atoms with Crippen LogP contribution in [0.1, 0.15) is 63.7 Å². The number of fused-ring (bicyclic) bond motifs is 1. The molecule has 2 aromatic rings. The van der Waals surface area contributed by atoms with Gasteiger partial charge in [-0.1, -0.05) is 82.2 Å². The third kappa shape index (κ3) is 6.86. The molecule has 0 radical (unpaired) electrons. The average Bonchev–Trinajstić information content (AvgIpc) is 3.03.